The molecule has 112 valence electrons. The first kappa shape index (κ1) is 15.5. The summed E-state index contributed by atoms with van der Waals surface area (Å²) in [7, 11) is 0. The first-order valence-corrected chi connectivity index (χ1v) is 7.30. The molecule has 0 aromatic heterocycles. The molecule has 0 fully saturated rings. The smallest absolute Gasteiger partial charge is 0.166 e. The first-order valence-electron chi connectivity index (χ1n) is 7.30. The van der Waals surface area contributed by atoms with Gasteiger partial charge in [-0.3, -0.25) is 0 Å². The molecule has 0 spiro atoms. The Morgan fingerprint density at radius 1 is 1.14 bits per heavy atom. The van der Waals surface area contributed by atoms with Crippen LogP contribution in [0.2, 0.25) is 0 Å². The van der Waals surface area contributed by atoms with Crippen molar-refractivity contribution in [3.63, 3.8) is 0 Å². The fraction of sp³-hybridized carbons (Fsp3) is 0.333. The highest BCUT2D eigenvalue weighted by Crippen LogP contribution is 2.32. The highest BCUT2D eigenvalue weighted by molar-refractivity contribution is 5.44. The fourth-order valence-corrected chi connectivity index (χ4v) is 2.20. The highest BCUT2D eigenvalue weighted by atomic mass is 19.1. The van der Waals surface area contributed by atoms with Crippen molar-refractivity contribution in [2.75, 3.05) is 0 Å². The van der Waals surface area contributed by atoms with Gasteiger partial charge < -0.3 is 10.5 Å². The van der Waals surface area contributed by atoms with Gasteiger partial charge in [0.2, 0.25) is 0 Å². The Kier molecular flexibility index (Phi) is 4.97. The summed E-state index contributed by atoms with van der Waals surface area (Å²) in [4.78, 5) is 0. The number of hydrogen-bond acceptors (Lipinski definition) is 2. The van der Waals surface area contributed by atoms with Crippen molar-refractivity contribution in [2.24, 2.45) is 5.73 Å². The molecule has 2 nitrogen and oxygen atoms in total. The van der Waals surface area contributed by atoms with E-state index in [0.29, 0.717) is 12.2 Å². The number of halogens is 1. The van der Waals surface area contributed by atoms with Crippen LogP contribution in [0.25, 0.3) is 0 Å². The van der Waals surface area contributed by atoms with Crippen molar-refractivity contribution in [1.82, 2.24) is 0 Å². The molecule has 2 rings (SSSR count). The second-order valence-corrected chi connectivity index (χ2v) is 5.40. The van der Waals surface area contributed by atoms with Gasteiger partial charge in [-0.2, -0.15) is 0 Å². The Hall–Kier alpha value is -1.87. The molecule has 1 atom stereocenters. The van der Waals surface area contributed by atoms with E-state index in [2.05, 4.69) is 0 Å². The van der Waals surface area contributed by atoms with Gasteiger partial charge in [0.15, 0.2) is 11.6 Å². The lowest BCUT2D eigenvalue weighted by atomic mass is 10.0. The molecule has 0 bridgehead atoms. The van der Waals surface area contributed by atoms with Crippen molar-refractivity contribution in [3.05, 3.63) is 58.9 Å². The Labute approximate surface area is 125 Å². The maximum absolute atomic E-state index is 14.2. The van der Waals surface area contributed by atoms with Gasteiger partial charge in [0, 0.05) is 6.04 Å². The quantitative estimate of drug-likeness (QED) is 0.877. The zero-order valence-electron chi connectivity index (χ0n) is 12.8. The van der Waals surface area contributed by atoms with Crippen LogP contribution >= 0.6 is 0 Å². The zero-order valence-corrected chi connectivity index (χ0v) is 12.8. The van der Waals surface area contributed by atoms with E-state index in [1.165, 1.54) is 6.07 Å². The molecule has 1 unspecified atom stereocenters. The minimum Gasteiger partial charge on any atom is -0.454 e. The molecule has 2 N–H and O–H groups in total. The Morgan fingerprint density at radius 2 is 1.86 bits per heavy atom. The summed E-state index contributed by atoms with van der Waals surface area (Å²) in [5.41, 5.74) is 8.94. The molecule has 0 amide bonds. The molecule has 0 aliphatic heterocycles. The summed E-state index contributed by atoms with van der Waals surface area (Å²) in [5.74, 6) is 0.623. The van der Waals surface area contributed by atoms with Crippen LogP contribution in [-0.4, -0.2) is 6.04 Å². The average Bonchev–Trinajstić information content (AvgIpc) is 2.47. The molecule has 0 saturated heterocycles. The summed E-state index contributed by atoms with van der Waals surface area (Å²) in [5, 5.41) is 0. The number of ether oxygens (including phenoxy) is 1. The second kappa shape index (κ2) is 6.72. The lowest BCUT2D eigenvalue weighted by Gasteiger charge is -2.16. The normalized spacial score (nSPS) is 12.2. The Balaban J connectivity index is 2.36. The molecular weight excluding hydrogens is 265 g/mol. The van der Waals surface area contributed by atoms with Gasteiger partial charge in [0.1, 0.15) is 5.75 Å². The molecule has 2 aromatic rings. The summed E-state index contributed by atoms with van der Waals surface area (Å²) >= 11 is 0. The topological polar surface area (TPSA) is 35.2 Å². The molecule has 3 heteroatoms. The zero-order chi connectivity index (χ0) is 15.4. The minimum atomic E-state index is -0.350. The van der Waals surface area contributed by atoms with E-state index in [4.69, 9.17) is 10.5 Å². The van der Waals surface area contributed by atoms with Crippen LogP contribution in [0.1, 0.15) is 30.0 Å². The average molecular weight is 287 g/mol. The number of hydrogen-bond donors (Lipinski definition) is 1. The molecule has 0 heterocycles. The van der Waals surface area contributed by atoms with E-state index in [9.17, 15) is 4.39 Å². The molecular formula is C18H22FNO. The van der Waals surface area contributed by atoms with E-state index in [0.717, 1.165) is 23.1 Å². The van der Waals surface area contributed by atoms with E-state index < -0.39 is 0 Å². The lowest BCUT2D eigenvalue weighted by molar-refractivity contribution is 0.430. The maximum Gasteiger partial charge on any atom is 0.166 e. The maximum atomic E-state index is 14.2. The van der Waals surface area contributed by atoms with Crippen LogP contribution in [0.3, 0.4) is 0 Å². The van der Waals surface area contributed by atoms with E-state index >= 15 is 0 Å². The second-order valence-electron chi connectivity index (χ2n) is 5.40. The number of benzene rings is 2. The van der Waals surface area contributed by atoms with Crippen LogP contribution in [0, 0.1) is 19.7 Å². The molecule has 0 saturated carbocycles. The Morgan fingerprint density at radius 3 is 2.57 bits per heavy atom. The third-order valence-corrected chi connectivity index (χ3v) is 3.82. The number of nitrogens with two attached hydrogens (primary N) is 1. The predicted octanol–water partition coefficient (Wildman–Crippen LogP) is 4.51. The minimum absolute atomic E-state index is 0.00718. The highest BCUT2D eigenvalue weighted by Gasteiger charge is 2.14. The third-order valence-electron chi connectivity index (χ3n) is 3.82. The number of rotatable bonds is 5. The van der Waals surface area contributed by atoms with Gasteiger partial charge >= 0.3 is 0 Å². The SMILES string of the molecule is CCC(N)Cc1cccc(F)c1Oc1cccc(C)c1C. The van der Waals surface area contributed by atoms with Gasteiger partial charge in [-0.1, -0.05) is 31.2 Å². The molecule has 0 aliphatic carbocycles. The summed E-state index contributed by atoms with van der Waals surface area (Å²) in [6.45, 7) is 6.01. The number of aryl methyl sites for hydroxylation is 1. The van der Waals surface area contributed by atoms with Gasteiger partial charge in [0.25, 0.3) is 0 Å². The molecule has 0 aliphatic rings. The van der Waals surface area contributed by atoms with E-state index in [1.54, 1.807) is 6.07 Å². The fourth-order valence-electron chi connectivity index (χ4n) is 2.20. The van der Waals surface area contributed by atoms with E-state index in [1.807, 2.05) is 45.0 Å². The van der Waals surface area contributed by atoms with Gasteiger partial charge in [0.05, 0.1) is 0 Å². The number of para-hydroxylation sites is 1. The van der Waals surface area contributed by atoms with E-state index in [-0.39, 0.29) is 17.6 Å². The van der Waals surface area contributed by atoms with Crippen LogP contribution in [0.4, 0.5) is 4.39 Å². The monoisotopic (exact) mass is 287 g/mol. The van der Waals surface area contributed by atoms with Crippen molar-refractivity contribution >= 4 is 0 Å². The third kappa shape index (κ3) is 3.61. The molecule has 0 radical (unpaired) electrons. The molecule has 2 aromatic carbocycles. The summed E-state index contributed by atoms with van der Waals surface area (Å²) < 4.78 is 20.0. The summed E-state index contributed by atoms with van der Waals surface area (Å²) in [6.07, 6.45) is 1.45. The Bertz CT molecular complexity index is 625. The van der Waals surface area contributed by atoms with Gasteiger partial charge in [-0.25, -0.2) is 4.39 Å². The largest absolute Gasteiger partial charge is 0.454 e. The van der Waals surface area contributed by atoms with Crippen molar-refractivity contribution in [1.29, 1.82) is 0 Å². The first-order chi connectivity index (χ1) is 10.0. The van der Waals surface area contributed by atoms with Crippen LogP contribution in [-0.2, 0) is 6.42 Å². The van der Waals surface area contributed by atoms with Gasteiger partial charge in [-0.05, 0) is 55.5 Å². The molecule has 21 heavy (non-hydrogen) atoms. The van der Waals surface area contributed by atoms with Crippen LogP contribution < -0.4 is 10.5 Å². The standard InChI is InChI=1S/C18H22FNO/c1-4-15(20)11-14-8-6-9-16(19)18(14)21-17-10-5-7-12(2)13(17)3/h5-10,15H,4,11,20H2,1-3H3. The van der Waals surface area contributed by atoms with Crippen LogP contribution in [0.5, 0.6) is 11.5 Å². The lowest BCUT2D eigenvalue weighted by Crippen LogP contribution is -2.21. The van der Waals surface area contributed by atoms with Crippen molar-refractivity contribution in [3.8, 4) is 11.5 Å². The van der Waals surface area contributed by atoms with Gasteiger partial charge in [-0.15, -0.1) is 0 Å². The van der Waals surface area contributed by atoms with Crippen molar-refractivity contribution in [2.45, 2.75) is 39.7 Å². The predicted molar refractivity (Wildman–Crippen MR) is 84.4 cm³/mol. The van der Waals surface area contributed by atoms with Crippen molar-refractivity contribution < 1.29 is 9.13 Å². The van der Waals surface area contributed by atoms with Crippen LogP contribution in [0.15, 0.2) is 36.4 Å². The summed E-state index contributed by atoms with van der Waals surface area (Å²) in [6, 6.07) is 10.8.